The van der Waals surface area contributed by atoms with Gasteiger partial charge >= 0.3 is 6.09 Å². The standard InChI is InChI=1S/C19H38N6O4/c1-19(2,3)29-18(27)22-9-8-21-17(23-15-16(26)24(4)5)20-7-6-10-25-11-13-28-14-12-25/h6-15H2,1-5H3,(H,22,27)(H2,20,21,23). The van der Waals surface area contributed by atoms with Crippen LogP contribution in [0.5, 0.6) is 0 Å². The van der Waals surface area contributed by atoms with Crippen molar-refractivity contribution in [2.24, 2.45) is 4.99 Å². The first kappa shape index (κ1) is 25.0. The van der Waals surface area contributed by atoms with E-state index in [0.717, 1.165) is 45.8 Å². The highest BCUT2D eigenvalue weighted by atomic mass is 16.6. The Bertz CT molecular complexity index is 527. The lowest BCUT2D eigenvalue weighted by molar-refractivity contribution is -0.127. The molecule has 168 valence electrons. The van der Waals surface area contributed by atoms with Crippen molar-refractivity contribution in [1.82, 2.24) is 25.8 Å². The fraction of sp³-hybridized carbons (Fsp3) is 0.842. The Kier molecular flexibility index (Phi) is 11.4. The van der Waals surface area contributed by atoms with Gasteiger partial charge in [-0.2, -0.15) is 0 Å². The molecule has 0 spiro atoms. The van der Waals surface area contributed by atoms with Crippen molar-refractivity contribution in [3.63, 3.8) is 0 Å². The Labute approximate surface area is 174 Å². The molecular weight excluding hydrogens is 376 g/mol. The first-order valence-corrected chi connectivity index (χ1v) is 10.2. The number of likely N-dealkylation sites (N-methyl/N-ethyl adjacent to an activating group) is 1. The van der Waals surface area contributed by atoms with E-state index in [4.69, 9.17) is 9.47 Å². The predicted molar refractivity (Wildman–Crippen MR) is 113 cm³/mol. The molecule has 1 aliphatic heterocycles. The summed E-state index contributed by atoms with van der Waals surface area (Å²) in [6.07, 6.45) is 0.498. The van der Waals surface area contributed by atoms with Crippen LogP contribution in [0.25, 0.3) is 0 Å². The molecule has 3 N–H and O–H groups in total. The van der Waals surface area contributed by atoms with Crippen LogP contribution in [0, 0.1) is 0 Å². The number of nitrogens with one attached hydrogen (secondary N) is 3. The number of guanidine groups is 1. The normalized spacial score (nSPS) is 15.6. The molecule has 0 aliphatic carbocycles. The van der Waals surface area contributed by atoms with Gasteiger partial charge in [-0.15, -0.1) is 0 Å². The summed E-state index contributed by atoms with van der Waals surface area (Å²) in [5, 5.41) is 9.07. The van der Waals surface area contributed by atoms with Crippen molar-refractivity contribution in [3.8, 4) is 0 Å². The van der Waals surface area contributed by atoms with Crippen molar-refractivity contribution in [1.29, 1.82) is 0 Å². The maximum atomic E-state index is 11.8. The predicted octanol–water partition coefficient (Wildman–Crippen LogP) is -0.143. The quantitative estimate of drug-likeness (QED) is 0.274. The third-order valence-corrected chi connectivity index (χ3v) is 4.00. The summed E-state index contributed by atoms with van der Waals surface area (Å²) < 4.78 is 10.6. The summed E-state index contributed by atoms with van der Waals surface area (Å²) in [4.78, 5) is 31.7. The molecule has 2 amide bonds. The fourth-order valence-corrected chi connectivity index (χ4v) is 2.46. The molecule has 0 bridgehead atoms. The van der Waals surface area contributed by atoms with Gasteiger partial charge in [0.1, 0.15) is 12.1 Å². The Morgan fingerprint density at radius 3 is 2.31 bits per heavy atom. The van der Waals surface area contributed by atoms with Gasteiger partial charge in [0.05, 0.1) is 13.2 Å². The summed E-state index contributed by atoms with van der Waals surface area (Å²) in [5.41, 5.74) is -0.529. The molecule has 10 nitrogen and oxygen atoms in total. The van der Waals surface area contributed by atoms with Crippen molar-refractivity contribution in [3.05, 3.63) is 0 Å². The van der Waals surface area contributed by atoms with Gasteiger partial charge in [0.2, 0.25) is 5.91 Å². The van der Waals surface area contributed by atoms with Crippen LogP contribution in [-0.4, -0.2) is 106 Å². The average Bonchev–Trinajstić information content (AvgIpc) is 2.64. The zero-order valence-corrected chi connectivity index (χ0v) is 18.5. The summed E-state index contributed by atoms with van der Waals surface area (Å²) >= 11 is 0. The second-order valence-electron chi connectivity index (χ2n) is 8.04. The topological polar surface area (TPSA) is 108 Å². The van der Waals surface area contributed by atoms with Gasteiger partial charge in [-0.25, -0.2) is 9.79 Å². The molecule has 1 rings (SSSR count). The van der Waals surface area contributed by atoms with Crippen molar-refractivity contribution in [2.45, 2.75) is 32.8 Å². The van der Waals surface area contributed by atoms with Crippen molar-refractivity contribution in [2.75, 3.05) is 73.1 Å². The van der Waals surface area contributed by atoms with E-state index in [1.165, 1.54) is 4.90 Å². The van der Waals surface area contributed by atoms with Gasteiger partial charge in [0, 0.05) is 46.8 Å². The molecule has 0 aromatic heterocycles. The number of amides is 2. The first-order valence-electron chi connectivity index (χ1n) is 10.2. The third kappa shape index (κ3) is 12.9. The second-order valence-corrected chi connectivity index (χ2v) is 8.04. The Morgan fingerprint density at radius 2 is 1.69 bits per heavy atom. The average molecular weight is 415 g/mol. The minimum absolute atomic E-state index is 0.0608. The number of morpholine rings is 1. The van der Waals surface area contributed by atoms with Gasteiger partial charge in [0.15, 0.2) is 5.96 Å². The lowest BCUT2D eigenvalue weighted by Gasteiger charge is -2.26. The number of aliphatic imine (C=N–C) groups is 1. The van der Waals surface area contributed by atoms with Crippen molar-refractivity contribution < 1.29 is 19.1 Å². The third-order valence-electron chi connectivity index (χ3n) is 4.00. The van der Waals surface area contributed by atoms with Crippen LogP contribution in [0.3, 0.4) is 0 Å². The van der Waals surface area contributed by atoms with Gasteiger partial charge in [-0.3, -0.25) is 9.69 Å². The molecule has 0 radical (unpaired) electrons. The van der Waals surface area contributed by atoms with Crippen molar-refractivity contribution >= 4 is 18.0 Å². The molecule has 1 saturated heterocycles. The Morgan fingerprint density at radius 1 is 1.07 bits per heavy atom. The van der Waals surface area contributed by atoms with Crippen LogP contribution in [0.1, 0.15) is 27.2 Å². The van der Waals surface area contributed by atoms with Crippen LogP contribution in [0.2, 0.25) is 0 Å². The zero-order chi connectivity index (χ0) is 21.7. The number of hydrogen-bond acceptors (Lipinski definition) is 6. The molecule has 0 aromatic rings. The lowest BCUT2D eigenvalue weighted by Crippen LogP contribution is -2.44. The van der Waals surface area contributed by atoms with E-state index in [0.29, 0.717) is 19.0 Å². The first-order chi connectivity index (χ1) is 13.7. The lowest BCUT2D eigenvalue weighted by atomic mass is 10.2. The number of rotatable bonds is 9. The fourth-order valence-electron chi connectivity index (χ4n) is 2.46. The smallest absolute Gasteiger partial charge is 0.407 e. The van der Waals surface area contributed by atoms with E-state index in [1.807, 2.05) is 20.8 Å². The molecule has 1 aliphatic rings. The highest BCUT2D eigenvalue weighted by Crippen LogP contribution is 2.05. The molecule has 29 heavy (non-hydrogen) atoms. The SMILES string of the molecule is CN(C)C(=O)CN=C(NCCCN1CCOCC1)NCCNC(=O)OC(C)(C)C. The van der Waals surface area contributed by atoms with E-state index < -0.39 is 11.7 Å². The van der Waals surface area contributed by atoms with Gasteiger partial charge in [-0.1, -0.05) is 0 Å². The van der Waals surface area contributed by atoms with E-state index in [-0.39, 0.29) is 12.5 Å². The maximum Gasteiger partial charge on any atom is 0.407 e. The molecular formula is C19H38N6O4. The number of nitrogens with zero attached hydrogens (tertiary/aromatic N) is 3. The minimum Gasteiger partial charge on any atom is -0.444 e. The summed E-state index contributed by atoms with van der Waals surface area (Å²) in [6, 6.07) is 0. The second kappa shape index (κ2) is 13.2. The Hall–Kier alpha value is -2.07. The molecule has 1 fully saturated rings. The molecule has 1 heterocycles. The minimum atomic E-state index is -0.529. The number of alkyl carbamates (subject to hydrolysis) is 1. The largest absolute Gasteiger partial charge is 0.444 e. The van der Waals surface area contributed by atoms with Crippen LogP contribution in [0.15, 0.2) is 4.99 Å². The van der Waals surface area contributed by atoms with Crippen LogP contribution in [0.4, 0.5) is 4.79 Å². The zero-order valence-electron chi connectivity index (χ0n) is 18.5. The number of hydrogen-bond donors (Lipinski definition) is 3. The Balaban J connectivity index is 2.37. The molecule has 0 aromatic carbocycles. The molecule has 0 saturated carbocycles. The van der Waals surface area contributed by atoms with Gasteiger partial charge < -0.3 is 30.3 Å². The molecule has 0 atom stereocenters. The van der Waals surface area contributed by atoms with Gasteiger partial charge in [-0.05, 0) is 33.7 Å². The number of carbonyl (C=O) groups is 2. The van der Waals surface area contributed by atoms with E-state index in [1.54, 1.807) is 14.1 Å². The summed E-state index contributed by atoms with van der Waals surface area (Å²) in [5.74, 6) is 0.472. The molecule has 10 heteroatoms. The molecule has 0 unspecified atom stereocenters. The van der Waals surface area contributed by atoms with Gasteiger partial charge in [0.25, 0.3) is 0 Å². The highest BCUT2D eigenvalue weighted by Gasteiger charge is 2.15. The van der Waals surface area contributed by atoms with E-state index in [9.17, 15) is 9.59 Å². The summed E-state index contributed by atoms with van der Waals surface area (Å²) in [7, 11) is 3.40. The maximum absolute atomic E-state index is 11.8. The van der Waals surface area contributed by atoms with Crippen LogP contribution in [-0.2, 0) is 14.3 Å². The van der Waals surface area contributed by atoms with E-state index >= 15 is 0 Å². The van der Waals surface area contributed by atoms with Crippen LogP contribution >= 0.6 is 0 Å². The highest BCUT2D eigenvalue weighted by molar-refractivity contribution is 5.84. The van der Waals surface area contributed by atoms with Crippen LogP contribution < -0.4 is 16.0 Å². The number of ether oxygens (including phenoxy) is 2. The van der Waals surface area contributed by atoms with E-state index in [2.05, 4.69) is 25.8 Å². The monoisotopic (exact) mass is 414 g/mol. The number of carbonyl (C=O) groups excluding carboxylic acids is 2. The summed E-state index contributed by atoms with van der Waals surface area (Å²) in [6.45, 7) is 11.6.